The number of rotatable bonds is 3. The van der Waals surface area contributed by atoms with Crippen LogP contribution in [0.2, 0.25) is 0 Å². The number of aromatic nitrogens is 3. The van der Waals surface area contributed by atoms with Crippen LogP contribution in [0.1, 0.15) is 24.8 Å². The number of anilines is 1. The first-order chi connectivity index (χ1) is 17.9. The van der Waals surface area contributed by atoms with Crippen LogP contribution in [0.5, 0.6) is 0 Å². The molecule has 5 aromatic rings. The number of nitrogens with zero attached hydrogens (tertiary/aromatic N) is 4. The molecule has 1 aliphatic heterocycles. The zero-order chi connectivity index (χ0) is 25.6. The Morgan fingerprint density at radius 2 is 1.59 bits per heavy atom. The number of pyridine rings is 3. The van der Waals surface area contributed by atoms with Crippen LogP contribution in [0, 0.1) is 0 Å². The second-order valence-electron chi connectivity index (χ2n) is 9.30. The van der Waals surface area contributed by atoms with E-state index in [9.17, 15) is 18.0 Å². The number of alkyl halides is 3. The third-order valence-electron chi connectivity index (χ3n) is 6.91. The van der Waals surface area contributed by atoms with Crippen LogP contribution in [0.15, 0.2) is 83.9 Å². The van der Waals surface area contributed by atoms with Gasteiger partial charge in [-0.1, -0.05) is 12.1 Å². The van der Waals surface area contributed by atoms with E-state index in [-0.39, 0.29) is 5.69 Å². The second kappa shape index (κ2) is 9.03. The first kappa shape index (κ1) is 23.2. The number of piperidine rings is 1. The molecule has 0 saturated carbocycles. The highest BCUT2D eigenvalue weighted by molar-refractivity contribution is 6.05. The zero-order valence-corrected chi connectivity index (χ0v) is 19.9. The zero-order valence-electron chi connectivity index (χ0n) is 19.9. The maximum atomic E-state index is 13.4. The lowest BCUT2D eigenvalue weighted by Crippen LogP contribution is -2.29. The first-order valence-electron chi connectivity index (χ1n) is 12.2. The highest BCUT2D eigenvalue weighted by Gasteiger charge is 2.30. The summed E-state index contributed by atoms with van der Waals surface area (Å²) in [7, 11) is 0. The molecular weight excluding hydrogens is 477 g/mol. The minimum absolute atomic E-state index is 0.149. The molecule has 0 amide bonds. The van der Waals surface area contributed by atoms with Crippen LogP contribution in [0.3, 0.4) is 0 Å². The molecule has 3 aromatic heterocycles. The summed E-state index contributed by atoms with van der Waals surface area (Å²) in [4.78, 5) is 24.5. The van der Waals surface area contributed by atoms with Gasteiger partial charge in [-0.3, -0.25) is 14.3 Å². The number of hydrogen-bond donors (Lipinski definition) is 0. The second-order valence-corrected chi connectivity index (χ2v) is 9.30. The molecule has 4 heterocycles. The smallest absolute Gasteiger partial charge is 0.357 e. The standard InChI is InChI=1S/C29H23F3N4O/c30-29(31,32)22-5-4-6-23(16-22)36-27(37)12-9-21-18-33-25-10-7-19(15-24(25)28(21)36)20-8-11-26(34-17-20)35-13-2-1-3-14-35/h4-12,15-18H,1-3,13-14H2. The fourth-order valence-electron chi connectivity index (χ4n) is 5.04. The summed E-state index contributed by atoms with van der Waals surface area (Å²) in [6.45, 7) is 2.01. The molecule has 186 valence electrons. The molecule has 1 saturated heterocycles. The van der Waals surface area contributed by atoms with E-state index < -0.39 is 17.3 Å². The van der Waals surface area contributed by atoms with Crippen molar-refractivity contribution in [2.24, 2.45) is 0 Å². The minimum Gasteiger partial charge on any atom is -0.357 e. The Morgan fingerprint density at radius 3 is 2.35 bits per heavy atom. The summed E-state index contributed by atoms with van der Waals surface area (Å²) in [6, 6.07) is 17.6. The lowest BCUT2D eigenvalue weighted by Gasteiger charge is -2.27. The van der Waals surface area contributed by atoms with Gasteiger partial charge < -0.3 is 4.90 Å². The van der Waals surface area contributed by atoms with Crippen molar-refractivity contribution in [3.63, 3.8) is 0 Å². The highest BCUT2D eigenvalue weighted by Crippen LogP contribution is 2.33. The lowest BCUT2D eigenvalue weighted by molar-refractivity contribution is -0.137. The molecule has 0 spiro atoms. The van der Waals surface area contributed by atoms with Gasteiger partial charge in [-0.15, -0.1) is 0 Å². The Kier molecular flexibility index (Phi) is 5.67. The van der Waals surface area contributed by atoms with Crippen molar-refractivity contribution in [3.8, 4) is 16.8 Å². The van der Waals surface area contributed by atoms with E-state index in [1.807, 2.05) is 36.5 Å². The molecular formula is C29H23F3N4O. The Balaban J connectivity index is 1.51. The molecule has 8 heteroatoms. The molecule has 0 N–H and O–H groups in total. The van der Waals surface area contributed by atoms with Gasteiger partial charge in [0, 0.05) is 53.6 Å². The Morgan fingerprint density at radius 1 is 0.784 bits per heavy atom. The van der Waals surface area contributed by atoms with Gasteiger partial charge >= 0.3 is 6.18 Å². The van der Waals surface area contributed by atoms with Crippen molar-refractivity contribution < 1.29 is 13.2 Å². The van der Waals surface area contributed by atoms with E-state index in [1.165, 1.54) is 42.0 Å². The highest BCUT2D eigenvalue weighted by atomic mass is 19.4. The average Bonchev–Trinajstić information content (AvgIpc) is 2.93. The number of fused-ring (bicyclic) bond motifs is 3. The van der Waals surface area contributed by atoms with Crippen molar-refractivity contribution in [2.75, 3.05) is 18.0 Å². The maximum Gasteiger partial charge on any atom is 0.416 e. The van der Waals surface area contributed by atoms with Crippen molar-refractivity contribution >= 4 is 27.6 Å². The van der Waals surface area contributed by atoms with Gasteiger partial charge in [0.15, 0.2) is 0 Å². The van der Waals surface area contributed by atoms with Crippen LogP contribution < -0.4 is 10.5 Å². The minimum atomic E-state index is -4.52. The topological polar surface area (TPSA) is 51.0 Å². The summed E-state index contributed by atoms with van der Waals surface area (Å²) in [5, 5.41) is 1.32. The molecule has 5 nitrogen and oxygen atoms in total. The van der Waals surface area contributed by atoms with Crippen molar-refractivity contribution in [2.45, 2.75) is 25.4 Å². The fraction of sp³-hybridized carbons (Fsp3) is 0.207. The van der Waals surface area contributed by atoms with Gasteiger partial charge in [0.25, 0.3) is 5.56 Å². The fourth-order valence-corrected chi connectivity index (χ4v) is 5.04. The summed E-state index contributed by atoms with van der Waals surface area (Å²) in [5.41, 5.74) is 1.85. The van der Waals surface area contributed by atoms with Gasteiger partial charge in [0.1, 0.15) is 5.82 Å². The third kappa shape index (κ3) is 4.33. The molecule has 0 bridgehead atoms. The van der Waals surface area contributed by atoms with Gasteiger partial charge in [0.05, 0.1) is 16.6 Å². The number of benzene rings is 2. The normalized spacial score (nSPS) is 14.4. The first-order valence-corrected chi connectivity index (χ1v) is 12.2. The molecule has 0 atom stereocenters. The molecule has 0 aliphatic carbocycles. The van der Waals surface area contributed by atoms with Crippen molar-refractivity contribution in [1.82, 2.24) is 14.5 Å². The molecule has 1 aliphatic rings. The Bertz CT molecular complexity index is 1670. The predicted octanol–water partition coefficient (Wildman–Crippen LogP) is 6.61. The van der Waals surface area contributed by atoms with E-state index in [1.54, 1.807) is 12.3 Å². The van der Waals surface area contributed by atoms with E-state index in [0.717, 1.165) is 42.2 Å². The molecule has 2 aromatic carbocycles. The van der Waals surface area contributed by atoms with E-state index in [4.69, 9.17) is 0 Å². The predicted molar refractivity (Wildman–Crippen MR) is 139 cm³/mol. The molecule has 37 heavy (non-hydrogen) atoms. The van der Waals surface area contributed by atoms with Crippen LogP contribution in [-0.4, -0.2) is 27.6 Å². The Labute approximate surface area is 210 Å². The monoisotopic (exact) mass is 500 g/mol. The van der Waals surface area contributed by atoms with Crippen LogP contribution >= 0.6 is 0 Å². The third-order valence-corrected chi connectivity index (χ3v) is 6.91. The number of hydrogen-bond acceptors (Lipinski definition) is 4. The maximum absolute atomic E-state index is 13.4. The molecule has 0 unspecified atom stereocenters. The largest absolute Gasteiger partial charge is 0.416 e. The summed E-state index contributed by atoms with van der Waals surface area (Å²) < 4.78 is 41.6. The molecule has 6 rings (SSSR count). The van der Waals surface area contributed by atoms with Crippen molar-refractivity contribution in [1.29, 1.82) is 0 Å². The van der Waals surface area contributed by atoms with Gasteiger partial charge in [-0.25, -0.2) is 4.98 Å². The van der Waals surface area contributed by atoms with Gasteiger partial charge in [0.2, 0.25) is 0 Å². The van der Waals surface area contributed by atoms with E-state index in [0.29, 0.717) is 21.8 Å². The lowest BCUT2D eigenvalue weighted by atomic mass is 10.0. The van der Waals surface area contributed by atoms with Crippen LogP contribution in [0.25, 0.3) is 38.6 Å². The van der Waals surface area contributed by atoms with Crippen molar-refractivity contribution in [3.05, 3.63) is 95.0 Å². The van der Waals surface area contributed by atoms with Crippen LogP contribution in [-0.2, 0) is 6.18 Å². The Hall–Kier alpha value is -4.20. The summed E-state index contributed by atoms with van der Waals surface area (Å²) in [6.07, 6.45) is 2.54. The van der Waals surface area contributed by atoms with E-state index >= 15 is 0 Å². The number of halogens is 3. The molecule has 1 fully saturated rings. The molecule has 0 radical (unpaired) electrons. The SMILES string of the molecule is O=c1ccc2cnc3ccc(-c4ccc(N5CCCCC5)nc4)cc3c2n1-c1cccc(C(F)(F)F)c1. The van der Waals surface area contributed by atoms with E-state index in [2.05, 4.69) is 14.9 Å². The van der Waals surface area contributed by atoms with Gasteiger partial charge in [-0.2, -0.15) is 13.2 Å². The quantitative estimate of drug-likeness (QED) is 0.262. The van der Waals surface area contributed by atoms with Gasteiger partial charge in [-0.05, 0) is 73.4 Å². The summed E-state index contributed by atoms with van der Waals surface area (Å²) in [5.74, 6) is 0.953. The van der Waals surface area contributed by atoms with Crippen LogP contribution in [0.4, 0.5) is 19.0 Å². The summed E-state index contributed by atoms with van der Waals surface area (Å²) >= 11 is 0. The average molecular weight is 501 g/mol.